The first-order valence-corrected chi connectivity index (χ1v) is 7.03. The molecular weight excluding hydrogens is 236 g/mol. The standard InChI is InChI=1S/C14H22N2O.C2H6/c1-4-14(7-5-6-13(2)17)12-16-10-8-15(3)9-11-16;1-2/h4-7H,1,8-12H2,2-3H3;1-2H3/b6-5+,14-7+;. The smallest absolute Gasteiger partial charge is 0.152 e. The Kier molecular flexibility index (Phi) is 10.0. The number of carbonyl (C=O) groups excluding carboxylic acids is 1. The van der Waals surface area contributed by atoms with Crippen molar-refractivity contribution in [3.63, 3.8) is 0 Å². The van der Waals surface area contributed by atoms with Crippen LogP contribution in [0.25, 0.3) is 0 Å². The molecule has 1 fully saturated rings. The van der Waals surface area contributed by atoms with Gasteiger partial charge in [0.05, 0.1) is 0 Å². The second-order valence-corrected chi connectivity index (χ2v) is 4.49. The lowest BCUT2D eigenvalue weighted by atomic mass is 10.2. The molecule has 0 N–H and O–H groups in total. The van der Waals surface area contributed by atoms with E-state index in [0.29, 0.717) is 0 Å². The van der Waals surface area contributed by atoms with Gasteiger partial charge in [-0.2, -0.15) is 0 Å². The highest BCUT2D eigenvalue weighted by Gasteiger charge is 2.13. The van der Waals surface area contributed by atoms with Crippen LogP contribution in [-0.2, 0) is 4.79 Å². The van der Waals surface area contributed by atoms with Crippen LogP contribution < -0.4 is 0 Å². The summed E-state index contributed by atoms with van der Waals surface area (Å²) in [6.45, 7) is 14.7. The van der Waals surface area contributed by atoms with Crippen molar-refractivity contribution in [1.82, 2.24) is 9.80 Å². The van der Waals surface area contributed by atoms with E-state index in [-0.39, 0.29) is 5.78 Å². The zero-order chi connectivity index (χ0) is 14.7. The third kappa shape index (κ3) is 8.51. The first-order chi connectivity index (χ1) is 9.11. The zero-order valence-corrected chi connectivity index (χ0v) is 12.9. The summed E-state index contributed by atoms with van der Waals surface area (Å²) in [5, 5.41) is 0. The highest BCUT2D eigenvalue weighted by molar-refractivity contribution is 5.87. The fraction of sp³-hybridized carbons (Fsp3) is 0.562. The van der Waals surface area contributed by atoms with Crippen molar-refractivity contribution >= 4 is 5.78 Å². The number of piperazine rings is 1. The number of nitrogens with zero attached hydrogens (tertiary/aromatic N) is 2. The van der Waals surface area contributed by atoms with Crippen molar-refractivity contribution in [1.29, 1.82) is 0 Å². The van der Waals surface area contributed by atoms with Crippen molar-refractivity contribution < 1.29 is 4.79 Å². The predicted octanol–water partition coefficient (Wildman–Crippen LogP) is 2.52. The van der Waals surface area contributed by atoms with Gasteiger partial charge in [-0.15, -0.1) is 0 Å². The highest BCUT2D eigenvalue weighted by Crippen LogP contribution is 2.05. The maximum absolute atomic E-state index is 10.8. The second-order valence-electron chi connectivity index (χ2n) is 4.49. The van der Waals surface area contributed by atoms with E-state index in [0.717, 1.165) is 38.3 Å². The van der Waals surface area contributed by atoms with Gasteiger partial charge in [-0.1, -0.05) is 38.7 Å². The van der Waals surface area contributed by atoms with Crippen molar-refractivity contribution in [2.24, 2.45) is 0 Å². The lowest BCUT2D eigenvalue weighted by Gasteiger charge is -2.32. The quantitative estimate of drug-likeness (QED) is 0.563. The van der Waals surface area contributed by atoms with Crippen LogP contribution >= 0.6 is 0 Å². The summed E-state index contributed by atoms with van der Waals surface area (Å²) in [6, 6.07) is 0. The maximum atomic E-state index is 10.8. The molecule has 0 atom stereocenters. The Labute approximate surface area is 118 Å². The SMILES string of the molecule is C=C/C(=C\C=C\C(C)=O)CN1CCN(C)CC1.CC. The van der Waals surface area contributed by atoms with Gasteiger partial charge >= 0.3 is 0 Å². The van der Waals surface area contributed by atoms with Crippen LogP contribution in [0.15, 0.2) is 36.5 Å². The van der Waals surface area contributed by atoms with Crippen molar-refractivity contribution in [2.45, 2.75) is 20.8 Å². The van der Waals surface area contributed by atoms with Crippen LogP contribution in [0, 0.1) is 0 Å². The Bertz CT molecular complexity index is 324. The van der Waals surface area contributed by atoms with E-state index >= 15 is 0 Å². The molecule has 1 saturated heterocycles. The van der Waals surface area contributed by atoms with Crippen LogP contribution in [0.2, 0.25) is 0 Å². The minimum Gasteiger partial charge on any atom is -0.304 e. The maximum Gasteiger partial charge on any atom is 0.152 e. The number of rotatable bonds is 5. The second kappa shape index (κ2) is 10.7. The van der Waals surface area contributed by atoms with E-state index < -0.39 is 0 Å². The van der Waals surface area contributed by atoms with Crippen LogP contribution in [0.4, 0.5) is 0 Å². The average molecular weight is 264 g/mol. The Morgan fingerprint density at radius 3 is 2.26 bits per heavy atom. The fourth-order valence-electron chi connectivity index (χ4n) is 1.76. The molecule has 0 spiro atoms. The van der Waals surface area contributed by atoms with Crippen LogP contribution in [0.1, 0.15) is 20.8 Å². The largest absolute Gasteiger partial charge is 0.304 e. The number of carbonyl (C=O) groups is 1. The first kappa shape index (κ1) is 17.8. The van der Waals surface area contributed by atoms with Gasteiger partial charge in [0.25, 0.3) is 0 Å². The molecule has 0 amide bonds. The van der Waals surface area contributed by atoms with Crippen LogP contribution in [0.3, 0.4) is 0 Å². The molecule has 0 saturated carbocycles. The summed E-state index contributed by atoms with van der Waals surface area (Å²) in [5.74, 6) is 0.0734. The number of likely N-dealkylation sites (N-methyl/N-ethyl adjacent to an activating group) is 1. The molecular formula is C16H28N2O. The molecule has 0 aliphatic carbocycles. The average Bonchev–Trinajstić information content (AvgIpc) is 2.42. The molecule has 0 bridgehead atoms. The summed E-state index contributed by atoms with van der Waals surface area (Å²) in [4.78, 5) is 15.5. The lowest BCUT2D eigenvalue weighted by Crippen LogP contribution is -2.44. The van der Waals surface area contributed by atoms with Gasteiger partial charge in [0.1, 0.15) is 0 Å². The summed E-state index contributed by atoms with van der Waals surface area (Å²) in [6.07, 6.45) is 7.21. The third-order valence-electron chi connectivity index (χ3n) is 2.91. The predicted molar refractivity (Wildman–Crippen MR) is 83.4 cm³/mol. The number of hydrogen-bond donors (Lipinski definition) is 0. The van der Waals surface area contributed by atoms with Gasteiger partial charge in [0, 0.05) is 32.7 Å². The summed E-state index contributed by atoms with van der Waals surface area (Å²) in [5.41, 5.74) is 1.16. The van der Waals surface area contributed by atoms with Gasteiger partial charge in [0.2, 0.25) is 0 Å². The molecule has 1 rings (SSSR count). The monoisotopic (exact) mass is 264 g/mol. The van der Waals surface area contributed by atoms with Gasteiger partial charge in [-0.05, 0) is 25.6 Å². The van der Waals surface area contributed by atoms with E-state index in [2.05, 4.69) is 23.4 Å². The van der Waals surface area contributed by atoms with E-state index in [1.54, 1.807) is 19.1 Å². The van der Waals surface area contributed by atoms with Crippen LogP contribution in [0.5, 0.6) is 0 Å². The topological polar surface area (TPSA) is 23.6 Å². The van der Waals surface area contributed by atoms with Crippen molar-refractivity contribution in [2.75, 3.05) is 39.8 Å². The van der Waals surface area contributed by atoms with Crippen LogP contribution in [-0.4, -0.2) is 55.4 Å². The Balaban J connectivity index is 0.00000154. The van der Waals surface area contributed by atoms with Gasteiger partial charge in [-0.25, -0.2) is 0 Å². The zero-order valence-electron chi connectivity index (χ0n) is 12.9. The fourth-order valence-corrected chi connectivity index (χ4v) is 1.76. The number of ketones is 1. The number of allylic oxidation sites excluding steroid dienone is 3. The van der Waals surface area contributed by atoms with Crippen molar-refractivity contribution in [3.8, 4) is 0 Å². The Morgan fingerprint density at radius 2 is 1.79 bits per heavy atom. The normalized spacial score (nSPS) is 18.0. The molecule has 0 radical (unpaired) electrons. The summed E-state index contributed by atoms with van der Waals surface area (Å²) >= 11 is 0. The van der Waals surface area contributed by atoms with Gasteiger partial charge in [0.15, 0.2) is 5.78 Å². The molecule has 3 heteroatoms. The molecule has 1 heterocycles. The molecule has 19 heavy (non-hydrogen) atoms. The Hall–Kier alpha value is -1.19. The van der Waals surface area contributed by atoms with Gasteiger partial charge in [-0.3, -0.25) is 9.69 Å². The highest BCUT2D eigenvalue weighted by atomic mass is 16.1. The Morgan fingerprint density at radius 1 is 1.21 bits per heavy atom. The summed E-state index contributed by atoms with van der Waals surface area (Å²) in [7, 11) is 2.15. The van der Waals surface area contributed by atoms with E-state index in [1.165, 1.54) is 0 Å². The van der Waals surface area contributed by atoms with E-state index in [1.807, 2.05) is 26.0 Å². The molecule has 0 aromatic rings. The van der Waals surface area contributed by atoms with Gasteiger partial charge < -0.3 is 4.90 Å². The first-order valence-electron chi connectivity index (χ1n) is 7.03. The minimum atomic E-state index is 0.0734. The molecule has 1 aliphatic rings. The molecule has 1 aliphatic heterocycles. The lowest BCUT2D eigenvalue weighted by molar-refractivity contribution is -0.112. The minimum absolute atomic E-state index is 0.0734. The molecule has 108 valence electrons. The molecule has 0 aromatic carbocycles. The third-order valence-corrected chi connectivity index (χ3v) is 2.91. The molecule has 0 aromatic heterocycles. The van der Waals surface area contributed by atoms with E-state index in [9.17, 15) is 4.79 Å². The molecule has 3 nitrogen and oxygen atoms in total. The summed E-state index contributed by atoms with van der Waals surface area (Å²) < 4.78 is 0. The van der Waals surface area contributed by atoms with Crippen molar-refractivity contribution in [3.05, 3.63) is 36.5 Å². The number of hydrogen-bond acceptors (Lipinski definition) is 3. The van der Waals surface area contributed by atoms with E-state index in [4.69, 9.17) is 0 Å². The molecule has 0 unspecified atom stereocenters.